The first-order valence-electron chi connectivity index (χ1n) is 7.90. The summed E-state index contributed by atoms with van der Waals surface area (Å²) in [5.74, 6) is 0. The molecule has 0 radical (unpaired) electrons. The molecule has 0 saturated heterocycles. The maximum Gasteiger partial charge on any atom is 0.323 e. The molecule has 0 saturated carbocycles. The van der Waals surface area contributed by atoms with Gasteiger partial charge in [0.15, 0.2) is 0 Å². The number of nitro groups is 1. The van der Waals surface area contributed by atoms with Gasteiger partial charge in [-0.15, -0.1) is 0 Å². The number of carbonyl (C=O) groups excluding carboxylic acids is 1. The Balaban J connectivity index is 1.56. The SMILES string of the molecule is O=C(Nc1ccc(Cc2ccncc2)cc1)Nc1ccc([N+](=O)[O-])cc1. The number of hydrogen-bond donors (Lipinski definition) is 2. The lowest BCUT2D eigenvalue weighted by atomic mass is 10.1. The molecule has 130 valence electrons. The molecule has 3 rings (SSSR count). The zero-order chi connectivity index (χ0) is 18.4. The van der Waals surface area contributed by atoms with E-state index in [9.17, 15) is 14.9 Å². The number of non-ortho nitro benzene ring substituents is 1. The third kappa shape index (κ3) is 4.64. The average Bonchev–Trinajstić information content (AvgIpc) is 2.64. The molecule has 0 spiro atoms. The molecule has 0 unspecified atom stereocenters. The van der Waals surface area contributed by atoms with Crippen LogP contribution in [0.1, 0.15) is 11.1 Å². The lowest BCUT2D eigenvalue weighted by Crippen LogP contribution is -2.19. The van der Waals surface area contributed by atoms with Gasteiger partial charge in [0.05, 0.1) is 4.92 Å². The van der Waals surface area contributed by atoms with Gasteiger partial charge in [-0.25, -0.2) is 4.79 Å². The quantitative estimate of drug-likeness (QED) is 0.533. The maximum absolute atomic E-state index is 12.0. The van der Waals surface area contributed by atoms with Crippen LogP contribution in [0.2, 0.25) is 0 Å². The molecule has 0 bridgehead atoms. The lowest BCUT2D eigenvalue weighted by molar-refractivity contribution is -0.384. The Morgan fingerprint density at radius 3 is 1.88 bits per heavy atom. The molecule has 26 heavy (non-hydrogen) atoms. The summed E-state index contributed by atoms with van der Waals surface area (Å²) in [7, 11) is 0. The molecule has 7 heteroatoms. The zero-order valence-corrected chi connectivity index (χ0v) is 13.8. The highest BCUT2D eigenvalue weighted by Crippen LogP contribution is 2.17. The van der Waals surface area contributed by atoms with Gasteiger partial charge in [0.25, 0.3) is 5.69 Å². The Bertz CT molecular complexity index is 894. The van der Waals surface area contributed by atoms with Crippen LogP contribution in [0.15, 0.2) is 73.1 Å². The Hall–Kier alpha value is -3.74. The van der Waals surface area contributed by atoms with E-state index in [4.69, 9.17) is 0 Å². The Kier molecular flexibility index (Phi) is 5.19. The molecule has 0 aliphatic carbocycles. The lowest BCUT2D eigenvalue weighted by Gasteiger charge is -2.08. The van der Waals surface area contributed by atoms with Crippen molar-refractivity contribution in [3.8, 4) is 0 Å². The molecular formula is C19H16N4O3. The number of nitrogens with zero attached hydrogens (tertiary/aromatic N) is 2. The molecule has 1 heterocycles. The number of nitro benzene ring substituents is 1. The summed E-state index contributed by atoms with van der Waals surface area (Å²) in [6, 6.07) is 16.7. The summed E-state index contributed by atoms with van der Waals surface area (Å²) in [4.78, 5) is 26.1. The number of anilines is 2. The molecule has 0 aliphatic heterocycles. The minimum absolute atomic E-state index is 0.0271. The topological polar surface area (TPSA) is 97.2 Å². The summed E-state index contributed by atoms with van der Waals surface area (Å²) in [5.41, 5.74) is 3.39. The summed E-state index contributed by atoms with van der Waals surface area (Å²) in [5, 5.41) is 16.0. The van der Waals surface area contributed by atoms with Crippen LogP contribution in [-0.4, -0.2) is 15.9 Å². The maximum atomic E-state index is 12.0. The van der Waals surface area contributed by atoms with E-state index in [1.165, 1.54) is 24.3 Å². The Labute approximate surface area is 149 Å². The van der Waals surface area contributed by atoms with Gasteiger partial charge in [0, 0.05) is 35.9 Å². The second-order valence-corrected chi connectivity index (χ2v) is 5.61. The Morgan fingerprint density at radius 1 is 0.846 bits per heavy atom. The van der Waals surface area contributed by atoms with Gasteiger partial charge < -0.3 is 10.6 Å². The summed E-state index contributed by atoms with van der Waals surface area (Å²) in [6.07, 6.45) is 4.30. The summed E-state index contributed by atoms with van der Waals surface area (Å²) >= 11 is 0. The van der Waals surface area contributed by atoms with E-state index in [2.05, 4.69) is 15.6 Å². The number of nitrogens with one attached hydrogen (secondary N) is 2. The van der Waals surface area contributed by atoms with Crippen LogP contribution in [0.3, 0.4) is 0 Å². The van der Waals surface area contributed by atoms with Crippen molar-refractivity contribution < 1.29 is 9.72 Å². The number of pyridine rings is 1. The van der Waals surface area contributed by atoms with Gasteiger partial charge in [0.2, 0.25) is 0 Å². The van der Waals surface area contributed by atoms with E-state index in [0.29, 0.717) is 11.4 Å². The van der Waals surface area contributed by atoms with E-state index < -0.39 is 11.0 Å². The van der Waals surface area contributed by atoms with Crippen molar-refractivity contribution in [2.45, 2.75) is 6.42 Å². The number of aromatic nitrogens is 1. The third-order valence-corrected chi connectivity index (χ3v) is 3.71. The number of benzene rings is 2. The number of carbonyl (C=O) groups is 1. The molecule has 2 aromatic carbocycles. The molecule has 0 fully saturated rings. The summed E-state index contributed by atoms with van der Waals surface area (Å²) in [6.45, 7) is 0. The first kappa shape index (κ1) is 17.1. The van der Waals surface area contributed by atoms with Gasteiger partial charge in [-0.1, -0.05) is 12.1 Å². The molecule has 0 aliphatic rings. The number of amides is 2. The summed E-state index contributed by atoms with van der Waals surface area (Å²) < 4.78 is 0. The van der Waals surface area contributed by atoms with Crippen molar-refractivity contribution in [3.05, 3.63) is 94.3 Å². The van der Waals surface area contributed by atoms with E-state index in [1.807, 2.05) is 36.4 Å². The smallest absolute Gasteiger partial charge is 0.308 e. The monoisotopic (exact) mass is 348 g/mol. The number of hydrogen-bond acceptors (Lipinski definition) is 4. The van der Waals surface area contributed by atoms with E-state index >= 15 is 0 Å². The van der Waals surface area contributed by atoms with Gasteiger partial charge in [-0.2, -0.15) is 0 Å². The van der Waals surface area contributed by atoms with Crippen LogP contribution in [0, 0.1) is 10.1 Å². The van der Waals surface area contributed by atoms with Crippen LogP contribution >= 0.6 is 0 Å². The minimum Gasteiger partial charge on any atom is -0.308 e. The van der Waals surface area contributed by atoms with Gasteiger partial charge in [-0.05, 0) is 53.9 Å². The van der Waals surface area contributed by atoms with E-state index in [1.54, 1.807) is 12.4 Å². The average molecular weight is 348 g/mol. The standard InChI is InChI=1S/C19H16N4O3/c24-19(22-17-5-7-18(8-6-17)23(25)26)21-16-3-1-14(2-4-16)13-15-9-11-20-12-10-15/h1-12H,13H2,(H2,21,22,24). The highest BCUT2D eigenvalue weighted by atomic mass is 16.6. The van der Waals surface area contributed by atoms with Crippen molar-refractivity contribution in [2.24, 2.45) is 0 Å². The highest BCUT2D eigenvalue weighted by molar-refractivity contribution is 5.99. The van der Waals surface area contributed by atoms with Crippen LogP contribution in [0.5, 0.6) is 0 Å². The molecule has 7 nitrogen and oxygen atoms in total. The molecule has 2 N–H and O–H groups in total. The zero-order valence-electron chi connectivity index (χ0n) is 13.8. The predicted octanol–water partition coefficient (Wildman–Crippen LogP) is 4.22. The number of urea groups is 1. The van der Waals surface area contributed by atoms with Crippen molar-refractivity contribution in [1.82, 2.24) is 4.98 Å². The first-order valence-corrected chi connectivity index (χ1v) is 7.90. The fourth-order valence-corrected chi connectivity index (χ4v) is 2.40. The molecule has 1 aromatic heterocycles. The predicted molar refractivity (Wildman–Crippen MR) is 99.2 cm³/mol. The van der Waals surface area contributed by atoms with Crippen LogP contribution < -0.4 is 10.6 Å². The largest absolute Gasteiger partial charge is 0.323 e. The van der Waals surface area contributed by atoms with Gasteiger partial charge >= 0.3 is 6.03 Å². The second kappa shape index (κ2) is 7.89. The minimum atomic E-state index is -0.489. The fourth-order valence-electron chi connectivity index (χ4n) is 2.40. The van der Waals surface area contributed by atoms with Crippen molar-refractivity contribution in [3.63, 3.8) is 0 Å². The molecule has 0 atom stereocenters. The third-order valence-electron chi connectivity index (χ3n) is 3.71. The van der Waals surface area contributed by atoms with E-state index in [-0.39, 0.29) is 5.69 Å². The molecule has 2 amide bonds. The van der Waals surface area contributed by atoms with Gasteiger partial charge in [0.1, 0.15) is 0 Å². The van der Waals surface area contributed by atoms with E-state index in [0.717, 1.165) is 17.5 Å². The number of rotatable bonds is 5. The van der Waals surface area contributed by atoms with Crippen LogP contribution in [0.25, 0.3) is 0 Å². The van der Waals surface area contributed by atoms with Crippen LogP contribution in [-0.2, 0) is 6.42 Å². The van der Waals surface area contributed by atoms with Crippen molar-refractivity contribution in [1.29, 1.82) is 0 Å². The molecule has 3 aromatic rings. The normalized spacial score (nSPS) is 10.2. The van der Waals surface area contributed by atoms with Crippen molar-refractivity contribution >= 4 is 23.1 Å². The van der Waals surface area contributed by atoms with Crippen LogP contribution in [0.4, 0.5) is 21.9 Å². The Morgan fingerprint density at radius 2 is 1.35 bits per heavy atom. The van der Waals surface area contributed by atoms with Gasteiger partial charge in [-0.3, -0.25) is 15.1 Å². The fraction of sp³-hybridized carbons (Fsp3) is 0.0526. The highest BCUT2D eigenvalue weighted by Gasteiger charge is 2.07. The second-order valence-electron chi connectivity index (χ2n) is 5.61. The van der Waals surface area contributed by atoms with Crippen molar-refractivity contribution in [2.75, 3.05) is 10.6 Å². The first-order chi connectivity index (χ1) is 12.6. The molecular weight excluding hydrogens is 332 g/mol.